The molecule has 2 rings (SSSR count). The predicted octanol–water partition coefficient (Wildman–Crippen LogP) is 2.17. The molecule has 0 aliphatic heterocycles. The molecule has 17 heavy (non-hydrogen) atoms. The summed E-state index contributed by atoms with van der Waals surface area (Å²) >= 11 is 5.79. The Labute approximate surface area is 103 Å². The Kier molecular flexibility index (Phi) is 3.40. The lowest BCUT2D eigenvalue weighted by Gasteiger charge is -2.03. The number of hydrogen-bond acceptors (Lipinski definition) is 3. The van der Waals surface area contributed by atoms with E-state index in [0.717, 1.165) is 0 Å². The molecule has 0 saturated carbocycles. The lowest BCUT2D eigenvalue weighted by Crippen LogP contribution is -2.02. The van der Waals surface area contributed by atoms with E-state index in [9.17, 15) is 9.50 Å². The van der Waals surface area contributed by atoms with Gasteiger partial charge in [0, 0.05) is 10.6 Å². The topological polar surface area (TPSA) is 50.9 Å². The standard InChI is InChI=1S/C11H11ClFN3O/c1-7(17)11-6-16(15-14-11)5-8-4-9(12)2-3-10(8)13/h2-4,6-7,17H,5H2,1H3. The van der Waals surface area contributed by atoms with Crippen LogP contribution in [0.25, 0.3) is 0 Å². The fourth-order valence-electron chi connectivity index (χ4n) is 1.42. The van der Waals surface area contributed by atoms with Gasteiger partial charge in [0.05, 0.1) is 18.8 Å². The lowest BCUT2D eigenvalue weighted by atomic mass is 10.2. The quantitative estimate of drug-likeness (QED) is 0.915. The van der Waals surface area contributed by atoms with Crippen molar-refractivity contribution in [3.8, 4) is 0 Å². The van der Waals surface area contributed by atoms with Crippen molar-refractivity contribution in [2.45, 2.75) is 19.6 Å². The van der Waals surface area contributed by atoms with Crippen LogP contribution in [0, 0.1) is 5.82 Å². The second-order valence-corrected chi connectivity index (χ2v) is 4.19. The third-order valence-corrected chi connectivity index (χ3v) is 2.56. The Morgan fingerprint density at radius 3 is 2.94 bits per heavy atom. The fourth-order valence-corrected chi connectivity index (χ4v) is 1.62. The van der Waals surface area contributed by atoms with Crippen LogP contribution in [0.15, 0.2) is 24.4 Å². The van der Waals surface area contributed by atoms with E-state index in [0.29, 0.717) is 16.3 Å². The SMILES string of the molecule is CC(O)c1cn(Cc2cc(Cl)ccc2F)nn1. The predicted molar refractivity (Wildman–Crippen MR) is 61.2 cm³/mol. The first-order valence-corrected chi connectivity index (χ1v) is 5.46. The van der Waals surface area contributed by atoms with Gasteiger partial charge in [-0.1, -0.05) is 16.8 Å². The summed E-state index contributed by atoms with van der Waals surface area (Å²) in [5, 5.41) is 17.3. The molecule has 1 unspecified atom stereocenters. The molecule has 1 N–H and O–H groups in total. The number of aliphatic hydroxyl groups excluding tert-OH is 1. The molecule has 1 aromatic carbocycles. The highest BCUT2D eigenvalue weighted by Crippen LogP contribution is 2.16. The molecule has 0 fully saturated rings. The lowest BCUT2D eigenvalue weighted by molar-refractivity contribution is 0.194. The number of rotatable bonds is 3. The Hall–Kier alpha value is -1.46. The zero-order valence-electron chi connectivity index (χ0n) is 9.14. The summed E-state index contributed by atoms with van der Waals surface area (Å²) in [6, 6.07) is 4.34. The van der Waals surface area contributed by atoms with Gasteiger partial charge in [0.2, 0.25) is 0 Å². The van der Waals surface area contributed by atoms with Crippen molar-refractivity contribution >= 4 is 11.6 Å². The second kappa shape index (κ2) is 4.81. The largest absolute Gasteiger partial charge is 0.387 e. The number of nitrogens with zero attached hydrogens (tertiary/aromatic N) is 3. The van der Waals surface area contributed by atoms with Crippen LogP contribution in [-0.2, 0) is 6.54 Å². The minimum absolute atomic E-state index is 0.228. The van der Waals surface area contributed by atoms with Crippen molar-refractivity contribution in [2.75, 3.05) is 0 Å². The van der Waals surface area contributed by atoms with Gasteiger partial charge in [0.15, 0.2) is 0 Å². The van der Waals surface area contributed by atoms with Gasteiger partial charge < -0.3 is 5.11 Å². The van der Waals surface area contributed by atoms with Crippen molar-refractivity contribution in [3.63, 3.8) is 0 Å². The van der Waals surface area contributed by atoms with Gasteiger partial charge in [0.1, 0.15) is 11.5 Å². The number of hydrogen-bond donors (Lipinski definition) is 1. The van der Waals surface area contributed by atoms with Crippen LogP contribution < -0.4 is 0 Å². The van der Waals surface area contributed by atoms with Crippen LogP contribution in [0.2, 0.25) is 5.02 Å². The highest BCUT2D eigenvalue weighted by Gasteiger charge is 2.09. The Morgan fingerprint density at radius 1 is 1.53 bits per heavy atom. The maximum atomic E-state index is 13.5. The van der Waals surface area contributed by atoms with Gasteiger partial charge in [0.25, 0.3) is 0 Å². The third-order valence-electron chi connectivity index (χ3n) is 2.32. The van der Waals surface area contributed by atoms with E-state index in [1.807, 2.05) is 0 Å². The van der Waals surface area contributed by atoms with E-state index in [1.165, 1.54) is 16.8 Å². The summed E-state index contributed by atoms with van der Waals surface area (Å²) < 4.78 is 14.9. The van der Waals surface area contributed by atoms with Crippen LogP contribution in [0.3, 0.4) is 0 Å². The first-order chi connectivity index (χ1) is 8.06. The van der Waals surface area contributed by atoms with Crippen LogP contribution in [0.4, 0.5) is 4.39 Å². The Morgan fingerprint density at radius 2 is 2.29 bits per heavy atom. The molecule has 2 aromatic rings. The van der Waals surface area contributed by atoms with E-state index in [-0.39, 0.29) is 12.4 Å². The minimum atomic E-state index is -0.687. The summed E-state index contributed by atoms with van der Waals surface area (Å²) in [5.74, 6) is -0.344. The smallest absolute Gasteiger partial charge is 0.128 e. The molecular weight excluding hydrogens is 245 g/mol. The molecular formula is C11H11ClFN3O. The van der Waals surface area contributed by atoms with Gasteiger partial charge in [-0.25, -0.2) is 9.07 Å². The highest BCUT2D eigenvalue weighted by molar-refractivity contribution is 6.30. The molecule has 90 valence electrons. The van der Waals surface area contributed by atoms with Crippen molar-refractivity contribution in [1.82, 2.24) is 15.0 Å². The normalized spacial score (nSPS) is 12.7. The van der Waals surface area contributed by atoms with E-state index in [4.69, 9.17) is 11.6 Å². The minimum Gasteiger partial charge on any atom is -0.387 e. The molecule has 0 saturated heterocycles. The zero-order valence-corrected chi connectivity index (χ0v) is 9.89. The Bertz CT molecular complexity index is 527. The van der Waals surface area contributed by atoms with Gasteiger partial charge >= 0.3 is 0 Å². The van der Waals surface area contributed by atoms with Gasteiger partial charge in [-0.3, -0.25) is 0 Å². The molecule has 0 amide bonds. The fraction of sp³-hybridized carbons (Fsp3) is 0.273. The van der Waals surface area contributed by atoms with Gasteiger partial charge in [-0.15, -0.1) is 5.10 Å². The first-order valence-electron chi connectivity index (χ1n) is 5.08. The van der Waals surface area contributed by atoms with Crippen LogP contribution in [0.5, 0.6) is 0 Å². The maximum absolute atomic E-state index is 13.5. The molecule has 1 aromatic heterocycles. The van der Waals surface area contributed by atoms with Crippen LogP contribution >= 0.6 is 11.6 Å². The number of aromatic nitrogens is 3. The molecule has 0 aliphatic carbocycles. The molecule has 4 nitrogen and oxygen atoms in total. The Balaban J connectivity index is 2.22. The summed E-state index contributed by atoms with van der Waals surface area (Å²) in [6.07, 6.45) is 0.887. The van der Waals surface area contributed by atoms with Crippen molar-refractivity contribution < 1.29 is 9.50 Å². The number of benzene rings is 1. The van der Waals surface area contributed by atoms with E-state index in [2.05, 4.69) is 10.3 Å². The van der Waals surface area contributed by atoms with Crippen LogP contribution in [0.1, 0.15) is 24.3 Å². The van der Waals surface area contributed by atoms with Crippen LogP contribution in [-0.4, -0.2) is 20.1 Å². The third kappa shape index (κ3) is 2.81. The molecule has 0 aliphatic rings. The zero-order chi connectivity index (χ0) is 12.4. The molecule has 1 atom stereocenters. The summed E-state index contributed by atoms with van der Waals surface area (Å²) in [6.45, 7) is 1.82. The second-order valence-electron chi connectivity index (χ2n) is 3.75. The van der Waals surface area contributed by atoms with Crippen molar-refractivity contribution in [3.05, 3.63) is 46.5 Å². The molecule has 0 radical (unpaired) electrons. The molecule has 0 bridgehead atoms. The molecule has 1 heterocycles. The number of aliphatic hydroxyl groups is 1. The summed E-state index contributed by atoms with van der Waals surface area (Å²) in [7, 11) is 0. The van der Waals surface area contributed by atoms with E-state index in [1.54, 1.807) is 19.2 Å². The monoisotopic (exact) mass is 255 g/mol. The first kappa shape index (κ1) is 12.0. The van der Waals surface area contributed by atoms with Gasteiger partial charge in [-0.2, -0.15) is 0 Å². The number of halogens is 2. The highest BCUT2D eigenvalue weighted by atomic mass is 35.5. The molecule has 6 heteroatoms. The van der Waals surface area contributed by atoms with E-state index >= 15 is 0 Å². The maximum Gasteiger partial charge on any atom is 0.128 e. The summed E-state index contributed by atoms with van der Waals surface area (Å²) in [4.78, 5) is 0. The molecule has 0 spiro atoms. The van der Waals surface area contributed by atoms with Crippen molar-refractivity contribution in [1.29, 1.82) is 0 Å². The average molecular weight is 256 g/mol. The average Bonchev–Trinajstić information content (AvgIpc) is 2.72. The van der Waals surface area contributed by atoms with E-state index < -0.39 is 6.10 Å². The van der Waals surface area contributed by atoms with Gasteiger partial charge in [-0.05, 0) is 25.1 Å². The summed E-state index contributed by atoms with van der Waals surface area (Å²) in [5.41, 5.74) is 0.881. The van der Waals surface area contributed by atoms with Crippen molar-refractivity contribution in [2.24, 2.45) is 0 Å².